The molecule has 0 radical (unpaired) electrons. The van der Waals surface area contributed by atoms with Crippen LogP contribution in [-0.2, 0) is 14.8 Å². The Balaban J connectivity index is 2.15. The van der Waals surface area contributed by atoms with E-state index in [0.29, 0.717) is 11.3 Å². The Morgan fingerprint density at radius 3 is 2.64 bits per heavy atom. The first-order chi connectivity index (χ1) is 11.7. The zero-order valence-corrected chi connectivity index (χ0v) is 15.4. The molecular formula is C16H13Cl2N3O3S. The summed E-state index contributed by atoms with van der Waals surface area (Å²) >= 11 is 11.8. The second kappa shape index (κ2) is 7.85. The molecule has 2 aromatic carbocycles. The van der Waals surface area contributed by atoms with Crippen LogP contribution in [0, 0.1) is 11.3 Å². The standard InChI is InChI=1S/C16H13Cl2N3O3S/c1-21(25(23,24)15-8-12(17)5-6-14(15)18)10-16(22)20-13-4-2-3-11(7-13)9-19/h2-8H,10H2,1H3,(H,20,22). The number of rotatable bonds is 5. The van der Waals surface area contributed by atoms with Gasteiger partial charge in [-0.05, 0) is 36.4 Å². The molecule has 2 rings (SSSR count). The van der Waals surface area contributed by atoms with Gasteiger partial charge < -0.3 is 5.32 Å². The Bertz CT molecular complexity index is 955. The first kappa shape index (κ1) is 19.2. The summed E-state index contributed by atoms with van der Waals surface area (Å²) in [4.78, 5) is 11.9. The number of nitrogens with one attached hydrogen (secondary N) is 1. The van der Waals surface area contributed by atoms with Crippen molar-refractivity contribution in [3.63, 3.8) is 0 Å². The fourth-order valence-corrected chi connectivity index (χ4v) is 3.86. The van der Waals surface area contributed by atoms with Gasteiger partial charge in [0, 0.05) is 17.8 Å². The third-order valence-corrected chi connectivity index (χ3v) is 5.74. The van der Waals surface area contributed by atoms with E-state index in [-0.39, 0.29) is 14.9 Å². The predicted molar refractivity (Wildman–Crippen MR) is 96.1 cm³/mol. The third-order valence-electron chi connectivity index (χ3n) is 3.22. The van der Waals surface area contributed by atoms with Crippen molar-refractivity contribution in [2.75, 3.05) is 18.9 Å². The Morgan fingerprint density at radius 1 is 1.24 bits per heavy atom. The zero-order chi connectivity index (χ0) is 18.6. The number of anilines is 1. The number of amides is 1. The van der Waals surface area contributed by atoms with Crippen LogP contribution in [0.15, 0.2) is 47.4 Å². The van der Waals surface area contributed by atoms with Crippen LogP contribution in [0.1, 0.15) is 5.56 Å². The Hall–Kier alpha value is -2.11. The summed E-state index contributed by atoms with van der Waals surface area (Å²) < 4.78 is 26.0. The van der Waals surface area contributed by atoms with E-state index in [2.05, 4.69) is 5.32 Å². The number of carbonyl (C=O) groups is 1. The van der Waals surface area contributed by atoms with Crippen molar-refractivity contribution in [2.24, 2.45) is 0 Å². The number of hydrogen-bond acceptors (Lipinski definition) is 4. The van der Waals surface area contributed by atoms with Crippen LogP contribution in [0.25, 0.3) is 0 Å². The number of benzene rings is 2. The topological polar surface area (TPSA) is 90.3 Å². The lowest BCUT2D eigenvalue weighted by Crippen LogP contribution is -2.35. The maximum atomic E-state index is 12.6. The van der Waals surface area contributed by atoms with E-state index >= 15 is 0 Å². The molecule has 9 heteroatoms. The fourth-order valence-electron chi connectivity index (χ4n) is 2.00. The van der Waals surface area contributed by atoms with Crippen molar-refractivity contribution < 1.29 is 13.2 Å². The van der Waals surface area contributed by atoms with Gasteiger partial charge in [0.1, 0.15) is 4.90 Å². The lowest BCUT2D eigenvalue weighted by atomic mass is 10.2. The van der Waals surface area contributed by atoms with E-state index in [1.54, 1.807) is 18.2 Å². The Morgan fingerprint density at radius 2 is 1.96 bits per heavy atom. The van der Waals surface area contributed by atoms with E-state index in [0.717, 1.165) is 4.31 Å². The minimum atomic E-state index is -3.99. The average Bonchev–Trinajstić information content (AvgIpc) is 2.56. The molecule has 0 saturated heterocycles. The van der Waals surface area contributed by atoms with Crippen LogP contribution in [0.4, 0.5) is 5.69 Å². The predicted octanol–water partition coefficient (Wildman–Crippen LogP) is 3.12. The van der Waals surface area contributed by atoms with Crippen molar-refractivity contribution in [3.8, 4) is 6.07 Å². The SMILES string of the molecule is CN(CC(=O)Nc1cccc(C#N)c1)S(=O)(=O)c1cc(Cl)ccc1Cl. The summed E-state index contributed by atoms with van der Waals surface area (Å²) in [7, 11) is -2.73. The van der Waals surface area contributed by atoms with Gasteiger partial charge in [-0.1, -0.05) is 29.3 Å². The van der Waals surface area contributed by atoms with Gasteiger partial charge in [0.15, 0.2) is 0 Å². The molecule has 0 unspecified atom stereocenters. The molecule has 0 aliphatic carbocycles. The molecule has 6 nitrogen and oxygen atoms in total. The molecule has 2 aromatic rings. The van der Waals surface area contributed by atoms with Crippen LogP contribution in [0.5, 0.6) is 0 Å². The number of likely N-dealkylation sites (N-methyl/N-ethyl adjacent to an activating group) is 1. The van der Waals surface area contributed by atoms with E-state index in [1.165, 1.54) is 31.3 Å². The second-order valence-corrected chi connectivity index (χ2v) is 7.93. The highest BCUT2D eigenvalue weighted by Crippen LogP contribution is 2.27. The van der Waals surface area contributed by atoms with Gasteiger partial charge in [0.2, 0.25) is 15.9 Å². The summed E-state index contributed by atoms with van der Waals surface area (Å²) in [5.74, 6) is -0.556. The van der Waals surface area contributed by atoms with Crippen molar-refractivity contribution in [2.45, 2.75) is 4.90 Å². The van der Waals surface area contributed by atoms with Crippen LogP contribution in [-0.4, -0.2) is 32.2 Å². The van der Waals surface area contributed by atoms with E-state index in [1.807, 2.05) is 6.07 Å². The van der Waals surface area contributed by atoms with Crippen LogP contribution in [0.2, 0.25) is 10.0 Å². The highest BCUT2D eigenvalue weighted by Gasteiger charge is 2.25. The van der Waals surface area contributed by atoms with E-state index in [4.69, 9.17) is 28.5 Å². The number of sulfonamides is 1. The monoisotopic (exact) mass is 397 g/mol. The van der Waals surface area contributed by atoms with Gasteiger partial charge in [-0.2, -0.15) is 9.57 Å². The molecule has 0 heterocycles. The van der Waals surface area contributed by atoms with Crippen molar-refractivity contribution in [3.05, 3.63) is 58.1 Å². The third kappa shape index (κ3) is 4.71. The molecule has 0 aromatic heterocycles. The first-order valence-corrected chi connectivity index (χ1v) is 9.15. The summed E-state index contributed by atoms with van der Waals surface area (Å²) in [6.45, 7) is -0.429. The number of nitriles is 1. The summed E-state index contributed by atoms with van der Waals surface area (Å²) in [5.41, 5.74) is 0.778. The number of nitrogens with zero attached hydrogens (tertiary/aromatic N) is 2. The number of hydrogen-bond donors (Lipinski definition) is 1. The lowest BCUT2D eigenvalue weighted by molar-refractivity contribution is -0.116. The van der Waals surface area contributed by atoms with Gasteiger partial charge in [-0.25, -0.2) is 8.42 Å². The first-order valence-electron chi connectivity index (χ1n) is 6.95. The van der Waals surface area contributed by atoms with Crippen molar-refractivity contribution >= 4 is 44.8 Å². The van der Waals surface area contributed by atoms with Crippen molar-refractivity contribution in [1.29, 1.82) is 5.26 Å². The smallest absolute Gasteiger partial charge is 0.244 e. The molecule has 1 N–H and O–H groups in total. The number of carbonyl (C=O) groups excluding carboxylic acids is 1. The largest absolute Gasteiger partial charge is 0.325 e. The number of halogens is 2. The van der Waals surface area contributed by atoms with Gasteiger partial charge in [-0.3, -0.25) is 4.79 Å². The summed E-state index contributed by atoms with van der Waals surface area (Å²) in [6, 6.07) is 12.3. The zero-order valence-electron chi connectivity index (χ0n) is 13.0. The van der Waals surface area contributed by atoms with E-state index in [9.17, 15) is 13.2 Å². The van der Waals surface area contributed by atoms with Gasteiger partial charge in [-0.15, -0.1) is 0 Å². The molecular weight excluding hydrogens is 385 g/mol. The molecule has 0 aliphatic heterocycles. The second-order valence-electron chi connectivity index (χ2n) is 5.08. The van der Waals surface area contributed by atoms with Crippen LogP contribution in [0.3, 0.4) is 0 Å². The van der Waals surface area contributed by atoms with Crippen LogP contribution < -0.4 is 5.32 Å². The van der Waals surface area contributed by atoms with E-state index < -0.39 is 22.5 Å². The summed E-state index contributed by atoms with van der Waals surface area (Å²) in [5, 5.41) is 11.6. The molecule has 1 amide bonds. The molecule has 0 aliphatic rings. The lowest BCUT2D eigenvalue weighted by Gasteiger charge is -2.18. The molecule has 0 atom stereocenters. The normalized spacial score (nSPS) is 11.2. The average molecular weight is 398 g/mol. The maximum absolute atomic E-state index is 12.6. The van der Waals surface area contributed by atoms with Gasteiger partial charge in [0.25, 0.3) is 0 Å². The quantitative estimate of drug-likeness (QED) is 0.838. The Labute approximate surface area is 155 Å². The van der Waals surface area contributed by atoms with Crippen molar-refractivity contribution in [1.82, 2.24) is 4.31 Å². The molecule has 25 heavy (non-hydrogen) atoms. The minimum absolute atomic E-state index is 0.0124. The van der Waals surface area contributed by atoms with Gasteiger partial charge >= 0.3 is 0 Å². The molecule has 0 saturated carbocycles. The highest BCUT2D eigenvalue weighted by molar-refractivity contribution is 7.89. The minimum Gasteiger partial charge on any atom is -0.325 e. The molecule has 0 fully saturated rings. The molecule has 0 spiro atoms. The Kier molecular flexibility index (Phi) is 6.03. The maximum Gasteiger partial charge on any atom is 0.244 e. The fraction of sp³-hybridized carbons (Fsp3) is 0.125. The van der Waals surface area contributed by atoms with Crippen LogP contribution >= 0.6 is 23.2 Å². The summed E-state index contributed by atoms with van der Waals surface area (Å²) in [6.07, 6.45) is 0. The molecule has 0 bridgehead atoms. The molecule has 130 valence electrons. The van der Waals surface area contributed by atoms with Gasteiger partial charge in [0.05, 0.1) is 23.2 Å². The highest BCUT2D eigenvalue weighted by atomic mass is 35.5.